The molecule has 0 fully saturated rings. The molecule has 0 aliphatic carbocycles. The van der Waals surface area contributed by atoms with Gasteiger partial charge in [-0.2, -0.15) is 0 Å². The van der Waals surface area contributed by atoms with E-state index in [1.54, 1.807) is 12.1 Å². The third-order valence-electron chi connectivity index (χ3n) is 3.98. The Morgan fingerprint density at radius 1 is 1.16 bits per heavy atom. The molecule has 1 aromatic carbocycles. The van der Waals surface area contributed by atoms with Crippen LogP contribution >= 0.6 is 0 Å². The van der Waals surface area contributed by atoms with Crippen molar-refractivity contribution < 1.29 is 9.18 Å². The molecule has 0 spiro atoms. The summed E-state index contributed by atoms with van der Waals surface area (Å²) in [6.07, 6.45) is 0. The van der Waals surface area contributed by atoms with Gasteiger partial charge in [-0.3, -0.25) is 9.69 Å². The first-order valence-corrected chi connectivity index (χ1v) is 6.66. The van der Waals surface area contributed by atoms with Gasteiger partial charge in [-0.25, -0.2) is 4.39 Å². The maximum atomic E-state index is 12.9. The second-order valence-electron chi connectivity index (χ2n) is 6.25. The number of rotatable bonds is 4. The van der Waals surface area contributed by atoms with Crippen LogP contribution in [0.3, 0.4) is 0 Å². The Bertz CT molecular complexity index is 433. The topological polar surface area (TPSA) is 20.3 Å². The predicted octanol–water partition coefficient (Wildman–Crippen LogP) is 3.76. The van der Waals surface area contributed by atoms with E-state index in [4.69, 9.17) is 0 Å². The number of hydrogen-bond donors (Lipinski definition) is 0. The predicted molar refractivity (Wildman–Crippen MR) is 76.9 cm³/mol. The molecule has 0 aromatic heterocycles. The van der Waals surface area contributed by atoms with Crippen molar-refractivity contribution in [3.63, 3.8) is 0 Å². The van der Waals surface area contributed by atoms with Crippen molar-refractivity contribution in [2.45, 2.75) is 46.7 Å². The molecule has 2 atom stereocenters. The van der Waals surface area contributed by atoms with Crippen LogP contribution < -0.4 is 0 Å². The van der Waals surface area contributed by atoms with Crippen LogP contribution in [0, 0.1) is 11.2 Å². The van der Waals surface area contributed by atoms with Gasteiger partial charge in [-0.15, -0.1) is 0 Å². The van der Waals surface area contributed by atoms with Gasteiger partial charge < -0.3 is 0 Å². The molecule has 0 aliphatic rings. The van der Waals surface area contributed by atoms with Gasteiger partial charge in [0.05, 0.1) is 6.04 Å². The number of ketones is 1. The standard InChI is InChI=1S/C16H24FNO/c1-11(18(6)12(2)16(3,4)5)15(19)13-7-9-14(17)10-8-13/h7-12H,1-6H3. The number of Topliss-reactive ketones (excluding diaryl/α,β-unsaturated/α-hetero) is 1. The fourth-order valence-corrected chi connectivity index (χ4v) is 1.99. The summed E-state index contributed by atoms with van der Waals surface area (Å²) in [6.45, 7) is 10.5. The number of carbonyl (C=O) groups excluding carboxylic acids is 1. The summed E-state index contributed by atoms with van der Waals surface area (Å²) in [5, 5.41) is 0. The first kappa shape index (κ1) is 15.8. The molecule has 19 heavy (non-hydrogen) atoms. The molecular formula is C16H24FNO. The third kappa shape index (κ3) is 3.87. The molecular weight excluding hydrogens is 241 g/mol. The fraction of sp³-hybridized carbons (Fsp3) is 0.562. The number of carbonyl (C=O) groups is 1. The van der Waals surface area contributed by atoms with Gasteiger partial charge in [0.2, 0.25) is 0 Å². The first-order chi connectivity index (χ1) is 8.64. The molecule has 0 amide bonds. The van der Waals surface area contributed by atoms with Crippen LogP contribution in [-0.4, -0.2) is 29.8 Å². The lowest BCUT2D eigenvalue weighted by atomic mass is 9.86. The summed E-state index contributed by atoms with van der Waals surface area (Å²) in [6, 6.07) is 5.79. The number of hydrogen-bond acceptors (Lipinski definition) is 2. The van der Waals surface area contributed by atoms with Crippen molar-refractivity contribution in [2.75, 3.05) is 7.05 Å². The normalized spacial score (nSPS) is 15.4. The van der Waals surface area contributed by atoms with Gasteiger partial charge in [0, 0.05) is 11.6 Å². The second kappa shape index (κ2) is 5.83. The molecule has 3 heteroatoms. The van der Waals surface area contributed by atoms with Crippen LogP contribution in [-0.2, 0) is 0 Å². The first-order valence-electron chi connectivity index (χ1n) is 6.66. The van der Waals surface area contributed by atoms with Gasteiger partial charge in [-0.05, 0) is 50.6 Å². The molecule has 106 valence electrons. The molecule has 1 rings (SSSR count). The highest BCUT2D eigenvalue weighted by Crippen LogP contribution is 2.25. The van der Waals surface area contributed by atoms with Crippen molar-refractivity contribution in [2.24, 2.45) is 5.41 Å². The average Bonchev–Trinajstić information content (AvgIpc) is 2.35. The highest BCUT2D eigenvalue weighted by molar-refractivity contribution is 5.99. The monoisotopic (exact) mass is 265 g/mol. The molecule has 2 unspecified atom stereocenters. The van der Waals surface area contributed by atoms with Crippen molar-refractivity contribution in [3.8, 4) is 0 Å². The van der Waals surface area contributed by atoms with Crippen LogP contribution in [0.1, 0.15) is 45.0 Å². The summed E-state index contributed by atoms with van der Waals surface area (Å²) >= 11 is 0. The Hall–Kier alpha value is -1.22. The Kier molecular flexibility index (Phi) is 4.86. The molecule has 0 N–H and O–H groups in total. The smallest absolute Gasteiger partial charge is 0.179 e. The molecule has 0 heterocycles. The highest BCUT2D eigenvalue weighted by atomic mass is 19.1. The maximum Gasteiger partial charge on any atom is 0.179 e. The van der Waals surface area contributed by atoms with E-state index >= 15 is 0 Å². The van der Waals surface area contributed by atoms with Crippen LogP contribution in [0.25, 0.3) is 0 Å². The number of likely N-dealkylation sites (N-methyl/N-ethyl adjacent to an activating group) is 1. The molecule has 0 radical (unpaired) electrons. The largest absolute Gasteiger partial charge is 0.293 e. The summed E-state index contributed by atoms with van der Waals surface area (Å²) in [5.74, 6) is -0.292. The van der Waals surface area contributed by atoms with Gasteiger partial charge in [0.15, 0.2) is 5.78 Å². The molecule has 2 nitrogen and oxygen atoms in total. The van der Waals surface area contributed by atoms with Gasteiger partial charge in [0.1, 0.15) is 5.82 Å². The Labute approximate surface area is 115 Å². The van der Waals surface area contributed by atoms with E-state index in [2.05, 4.69) is 32.6 Å². The summed E-state index contributed by atoms with van der Waals surface area (Å²) in [7, 11) is 1.96. The van der Waals surface area contributed by atoms with E-state index in [-0.39, 0.29) is 29.1 Å². The van der Waals surface area contributed by atoms with E-state index < -0.39 is 0 Å². The minimum Gasteiger partial charge on any atom is -0.293 e. The van der Waals surface area contributed by atoms with Crippen molar-refractivity contribution in [1.82, 2.24) is 4.90 Å². The zero-order valence-electron chi connectivity index (χ0n) is 12.7. The molecule has 0 aliphatic heterocycles. The van der Waals surface area contributed by atoms with Crippen molar-refractivity contribution >= 4 is 5.78 Å². The SMILES string of the molecule is CC(C(=O)c1ccc(F)cc1)N(C)C(C)C(C)(C)C. The molecule has 0 saturated heterocycles. The fourth-order valence-electron chi connectivity index (χ4n) is 1.99. The lowest BCUT2D eigenvalue weighted by Crippen LogP contribution is -2.47. The lowest BCUT2D eigenvalue weighted by Gasteiger charge is -2.38. The van der Waals surface area contributed by atoms with E-state index in [1.807, 2.05) is 14.0 Å². The second-order valence-corrected chi connectivity index (χ2v) is 6.25. The van der Waals surface area contributed by atoms with Crippen LogP contribution in [0.15, 0.2) is 24.3 Å². The Morgan fingerprint density at radius 3 is 2.05 bits per heavy atom. The number of halogens is 1. The molecule has 1 aromatic rings. The summed E-state index contributed by atoms with van der Waals surface area (Å²) in [4.78, 5) is 14.4. The van der Waals surface area contributed by atoms with Crippen molar-refractivity contribution in [1.29, 1.82) is 0 Å². The van der Waals surface area contributed by atoms with E-state index in [9.17, 15) is 9.18 Å². The van der Waals surface area contributed by atoms with Gasteiger partial charge in [-0.1, -0.05) is 20.8 Å². The minimum absolute atomic E-state index is 0.0265. The molecule has 0 bridgehead atoms. The van der Waals surface area contributed by atoms with E-state index in [0.29, 0.717) is 5.56 Å². The Morgan fingerprint density at radius 2 is 1.63 bits per heavy atom. The zero-order valence-corrected chi connectivity index (χ0v) is 12.7. The highest BCUT2D eigenvalue weighted by Gasteiger charge is 2.30. The van der Waals surface area contributed by atoms with Gasteiger partial charge in [0.25, 0.3) is 0 Å². The van der Waals surface area contributed by atoms with Crippen molar-refractivity contribution in [3.05, 3.63) is 35.6 Å². The van der Waals surface area contributed by atoms with Crippen LogP contribution in [0.4, 0.5) is 4.39 Å². The van der Waals surface area contributed by atoms with Gasteiger partial charge >= 0.3 is 0 Å². The summed E-state index contributed by atoms with van der Waals surface area (Å²) in [5.41, 5.74) is 0.661. The zero-order chi connectivity index (χ0) is 14.8. The van der Waals surface area contributed by atoms with Crippen LogP contribution in [0.2, 0.25) is 0 Å². The third-order valence-corrected chi connectivity index (χ3v) is 3.98. The minimum atomic E-state index is -0.319. The van der Waals surface area contributed by atoms with E-state index in [1.165, 1.54) is 12.1 Å². The Balaban J connectivity index is 2.85. The quantitative estimate of drug-likeness (QED) is 0.772. The van der Waals surface area contributed by atoms with E-state index in [0.717, 1.165) is 0 Å². The maximum absolute atomic E-state index is 12.9. The average molecular weight is 265 g/mol. The van der Waals surface area contributed by atoms with Crippen LogP contribution in [0.5, 0.6) is 0 Å². The number of nitrogens with zero attached hydrogens (tertiary/aromatic N) is 1. The molecule has 0 saturated carbocycles. The summed E-state index contributed by atoms with van der Waals surface area (Å²) < 4.78 is 12.9. The number of benzene rings is 1. The lowest BCUT2D eigenvalue weighted by molar-refractivity contribution is 0.0695.